The Balaban J connectivity index is 2.14. The number of hydrogen-bond acceptors (Lipinski definition) is 4. The van der Waals surface area contributed by atoms with Gasteiger partial charge in [-0.25, -0.2) is 0 Å². The normalized spacial score (nSPS) is 20.2. The highest BCUT2D eigenvalue weighted by Crippen LogP contribution is 2.38. The van der Waals surface area contributed by atoms with Crippen molar-refractivity contribution in [2.75, 3.05) is 6.54 Å². The highest BCUT2D eigenvalue weighted by Gasteiger charge is 2.22. The van der Waals surface area contributed by atoms with E-state index in [1.807, 2.05) is 11.3 Å². The van der Waals surface area contributed by atoms with Crippen LogP contribution in [0, 0.1) is 0 Å². The molecule has 2 aromatic heterocycles. The Hall–Kier alpha value is -0.680. The van der Waals surface area contributed by atoms with Gasteiger partial charge in [0.1, 0.15) is 0 Å². The number of rotatable bonds is 1. The van der Waals surface area contributed by atoms with Gasteiger partial charge in [0.15, 0.2) is 0 Å². The lowest BCUT2D eigenvalue weighted by atomic mass is 9.99. The summed E-state index contributed by atoms with van der Waals surface area (Å²) >= 11 is 3.60. The predicted octanol–water partition coefficient (Wildman–Crippen LogP) is 2.58. The van der Waals surface area contributed by atoms with E-state index < -0.39 is 0 Å². The van der Waals surface area contributed by atoms with Crippen LogP contribution in [0.1, 0.15) is 16.5 Å². The van der Waals surface area contributed by atoms with Crippen LogP contribution >= 0.6 is 22.7 Å². The van der Waals surface area contributed by atoms with Gasteiger partial charge in [-0.2, -0.15) is 0 Å². The average Bonchev–Trinajstić information content (AvgIpc) is 2.85. The van der Waals surface area contributed by atoms with Crippen molar-refractivity contribution in [1.82, 2.24) is 5.32 Å². The molecule has 0 saturated carbocycles. The van der Waals surface area contributed by atoms with Crippen LogP contribution in [0.3, 0.4) is 0 Å². The van der Waals surface area contributed by atoms with E-state index in [1.54, 1.807) is 11.3 Å². The first-order valence-electron chi connectivity index (χ1n) is 4.96. The third kappa shape index (κ3) is 1.54. The molecule has 0 amide bonds. The predicted molar refractivity (Wildman–Crippen MR) is 66.3 cm³/mol. The van der Waals surface area contributed by atoms with Crippen molar-refractivity contribution in [1.29, 1.82) is 0 Å². The standard InChI is InChI=1S/C11H12N2S2/c12-8-4-13-5-10-11(8)7(6-15-10)9-2-1-3-14-9/h1-3,6,8,13H,4-5,12H2. The summed E-state index contributed by atoms with van der Waals surface area (Å²) in [5, 5.41) is 7.69. The molecule has 1 aliphatic rings. The molecule has 1 unspecified atom stereocenters. The molecule has 0 saturated heterocycles. The van der Waals surface area contributed by atoms with E-state index in [2.05, 4.69) is 28.2 Å². The van der Waals surface area contributed by atoms with Crippen molar-refractivity contribution >= 4 is 22.7 Å². The summed E-state index contributed by atoms with van der Waals surface area (Å²) in [4.78, 5) is 2.74. The van der Waals surface area contributed by atoms with E-state index in [1.165, 1.54) is 20.9 Å². The second kappa shape index (κ2) is 3.72. The molecule has 3 heterocycles. The second-order valence-corrected chi connectivity index (χ2v) is 5.61. The summed E-state index contributed by atoms with van der Waals surface area (Å²) in [7, 11) is 0. The molecule has 0 radical (unpaired) electrons. The largest absolute Gasteiger partial charge is 0.323 e. The summed E-state index contributed by atoms with van der Waals surface area (Å²) in [6, 6.07) is 4.41. The van der Waals surface area contributed by atoms with Crippen LogP contribution in [0.25, 0.3) is 10.4 Å². The smallest absolute Gasteiger partial charge is 0.0439 e. The third-order valence-electron chi connectivity index (χ3n) is 2.72. The molecule has 78 valence electrons. The van der Waals surface area contributed by atoms with Crippen LogP contribution in [0.4, 0.5) is 0 Å². The first-order valence-corrected chi connectivity index (χ1v) is 6.72. The summed E-state index contributed by atoms with van der Waals surface area (Å²) < 4.78 is 0. The molecule has 0 bridgehead atoms. The molecule has 0 aromatic carbocycles. The van der Waals surface area contributed by atoms with E-state index in [0.29, 0.717) is 0 Å². The minimum atomic E-state index is 0.150. The molecule has 0 aliphatic carbocycles. The van der Waals surface area contributed by atoms with Crippen LogP contribution in [-0.2, 0) is 6.54 Å². The molecule has 2 aromatic rings. The maximum Gasteiger partial charge on any atom is 0.0439 e. The van der Waals surface area contributed by atoms with Gasteiger partial charge in [0.05, 0.1) is 0 Å². The van der Waals surface area contributed by atoms with E-state index >= 15 is 0 Å². The van der Waals surface area contributed by atoms with Gasteiger partial charge in [0.2, 0.25) is 0 Å². The van der Waals surface area contributed by atoms with Gasteiger partial charge >= 0.3 is 0 Å². The Kier molecular flexibility index (Phi) is 2.36. The van der Waals surface area contributed by atoms with E-state index in [-0.39, 0.29) is 6.04 Å². The maximum absolute atomic E-state index is 6.15. The summed E-state index contributed by atoms with van der Waals surface area (Å²) in [5.41, 5.74) is 8.86. The van der Waals surface area contributed by atoms with Crippen molar-refractivity contribution in [2.24, 2.45) is 5.73 Å². The zero-order valence-electron chi connectivity index (χ0n) is 8.19. The minimum Gasteiger partial charge on any atom is -0.323 e. The van der Waals surface area contributed by atoms with Crippen molar-refractivity contribution < 1.29 is 0 Å². The number of fused-ring (bicyclic) bond motifs is 1. The molecular formula is C11H12N2S2. The first-order chi connectivity index (χ1) is 7.36. The van der Waals surface area contributed by atoms with Gasteiger partial charge in [-0.05, 0) is 17.0 Å². The lowest BCUT2D eigenvalue weighted by Gasteiger charge is -2.21. The monoisotopic (exact) mass is 236 g/mol. The Morgan fingerprint density at radius 2 is 2.33 bits per heavy atom. The van der Waals surface area contributed by atoms with E-state index in [4.69, 9.17) is 5.73 Å². The minimum absolute atomic E-state index is 0.150. The fourth-order valence-electron chi connectivity index (χ4n) is 2.02. The molecule has 1 aliphatic heterocycles. The molecule has 3 N–H and O–H groups in total. The summed E-state index contributed by atoms with van der Waals surface area (Å²) in [6.45, 7) is 1.86. The van der Waals surface area contributed by atoms with Gasteiger partial charge in [-0.15, -0.1) is 22.7 Å². The molecule has 15 heavy (non-hydrogen) atoms. The fourth-order valence-corrected chi connectivity index (χ4v) is 3.94. The average molecular weight is 236 g/mol. The van der Waals surface area contributed by atoms with Crippen molar-refractivity contribution in [2.45, 2.75) is 12.6 Å². The van der Waals surface area contributed by atoms with Crippen LogP contribution in [-0.4, -0.2) is 6.54 Å². The van der Waals surface area contributed by atoms with Crippen LogP contribution in [0.15, 0.2) is 22.9 Å². The molecule has 3 rings (SSSR count). The van der Waals surface area contributed by atoms with Crippen LogP contribution in [0.5, 0.6) is 0 Å². The molecule has 0 fully saturated rings. The topological polar surface area (TPSA) is 38.0 Å². The molecule has 1 atom stereocenters. The number of nitrogens with one attached hydrogen (secondary N) is 1. The molecular weight excluding hydrogens is 224 g/mol. The van der Waals surface area contributed by atoms with Gasteiger partial charge in [-0.1, -0.05) is 6.07 Å². The molecule has 0 spiro atoms. The zero-order chi connectivity index (χ0) is 10.3. The Morgan fingerprint density at radius 3 is 3.13 bits per heavy atom. The van der Waals surface area contributed by atoms with Crippen molar-refractivity contribution in [3.05, 3.63) is 33.3 Å². The molecule has 4 heteroatoms. The Morgan fingerprint density at radius 1 is 1.40 bits per heavy atom. The highest BCUT2D eigenvalue weighted by molar-refractivity contribution is 7.14. The van der Waals surface area contributed by atoms with Crippen molar-refractivity contribution in [3.63, 3.8) is 0 Å². The maximum atomic E-state index is 6.15. The quantitative estimate of drug-likeness (QED) is 0.798. The van der Waals surface area contributed by atoms with E-state index in [0.717, 1.165) is 13.1 Å². The third-order valence-corrected chi connectivity index (χ3v) is 4.62. The lowest BCUT2D eigenvalue weighted by molar-refractivity contribution is 0.564. The van der Waals surface area contributed by atoms with Gasteiger partial charge in [0.25, 0.3) is 0 Å². The summed E-state index contributed by atoms with van der Waals surface area (Å²) in [5.74, 6) is 0. The van der Waals surface area contributed by atoms with Gasteiger partial charge < -0.3 is 11.1 Å². The number of nitrogens with two attached hydrogens (primary N) is 1. The first kappa shape index (κ1) is 9.54. The fraction of sp³-hybridized carbons (Fsp3) is 0.273. The molecule has 2 nitrogen and oxygen atoms in total. The SMILES string of the molecule is NC1CNCc2scc(-c3cccs3)c21. The Labute approximate surface area is 96.7 Å². The van der Waals surface area contributed by atoms with E-state index in [9.17, 15) is 0 Å². The highest BCUT2D eigenvalue weighted by atomic mass is 32.1. The van der Waals surface area contributed by atoms with Gasteiger partial charge in [-0.3, -0.25) is 0 Å². The van der Waals surface area contributed by atoms with Crippen LogP contribution < -0.4 is 11.1 Å². The number of thiophene rings is 2. The summed E-state index contributed by atoms with van der Waals surface area (Å²) in [6.07, 6.45) is 0. The van der Waals surface area contributed by atoms with Crippen LogP contribution in [0.2, 0.25) is 0 Å². The Bertz CT molecular complexity index is 459. The number of hydrogen-bond donors (Lipinski definition) is 2. The second-order valence-electron chi connectivity index (χ2n) is 3.70. The van der Waals surface area contributed by atoms with Crippen molar-refractivity contribution in [3.8, 4) is 10.4 Å². The van der Waals surface area contributed by atoms with Gasteiger partial charge in [0, 0.05) is 39.8 Å². The lowest BCUT2D eigenvalue weighted by Crippen LogP contribution is -2.31. The zero-order valence-corrected chi connectivity index (χ0v) is 9.83.